The Morgan fingerprint density at radius 3 is 2.81 bits per heavy atom. The topological polar surface area (TPSA) is 69.6 Å². The van der Waals surface area contributed by atoms with Gasteiger partial charge < -0.3 is 15.5 Å². The number of aliphatic hydroxyl groups is 2. The first-order chi connectivity index (χ1) is 7.54. The van der Waals surface area contributed by atoms with Crippen LogP contribution in [0.15, 0.2) is 22.7 Å². The number of hydrogen-bond donors (Lipinski definition) is 3. The van der Waals surface area contributed by atoms with Crippen LogP contribution in [0.2, 0.25) is 0 Å². The number of rotatable bonds is 4. The standard InChI is InChI=1S/C10H11BrFNO3/c11-8-3-6(1-2-9(8)12)10(16)13-4-7(15)5-14/h1-3,7,14-15H,4-5H2,(H,13,16). The van der Waals surface area contributed by atoms with Gasteiger partial charge in [0.15, 0.2) is 0 Å². The first-order valence-electron chi connectivity index (χ1n) is 4.56. The Morgan fingerprint density at radius 2 is 2.25 bits per heavy atom. The van der Waals surface area contributed by atoms with Gasteiger partial charge in [-0.2, -0.15) is 0 Å². The summed E-state index contributed by atoms with van der Waals surface area (Å²) >= 11 is 2.96. The second kappa shape index (κ2) is 5.93. The molecular weight excluding hydrogens is 281 g/mol. The predicted molar refractivity (Wildman–Crippen MR) is 59.5 cm³/mol. The van der Waals surface area contributed by atoms with Gasteiger partial charge in [0.2, 0.25) is 0 Å². The van der Waals surface area contributed by atoms with Crippen molar-refractivity contribution >= 4 is 21.8 Å². The summed E-state index contributed by atoms with van der Waals surface area (Å²) in [6.45, 7) is -0.474. The number of aliphatic hydroxyl groups excluding tert-OH is 2. The summed E-state index contributed by atoms with van der Waals surface area (Å²) in [4.78, 5) is 11.5. The number of benzene rings is 1. The van der Waals surface area contributed by atoms with Gasteiger partial charge in [0.25, 0.3) is 5.91 Å². The second-order valence-electron chi connectivity index (χ2n) is 3.18. The molecule has 0 spiro atoms. The SMILES string of the molecule is O=C(NCC(O)CO)c1ccc(F)c(Br)c1. The fraction of sp³-hybridized carbons (Fsp3) is 0.300. The first-order valence-corrected chi connectivity index (χ1v) is 5.36. The van der Waals surface area contributed by atoms with E-state index in [9.17, 15) is 9.18 Å². The molecule has 0 saturated carbocycles. The Hall–Kier alpha value is -0.980. The van der Waals surface area contributed by atoms with Crippen molar-refractivity contribution in [1.29, 1.82) is 0 Å². The fourth-order valence-corrected chi connectivity index (χ4v) is 1.39. The molecule has 1 aromatic carbocycles. The lowest BCUT2D eigenvalue weighted by atomic mass is 10.2. The van der Waals surface area contributed by atoms with Crippen LogP contribution in [0, 0.1) is 5.82 Å². The van der Waals surface area contributed by atoms with Crippen LogP contribution in [0.5, 0.6) is 0 Å². The van der Waals surface area contributed by atoms with E-state index in [4.69, 9.17) is 10.2 Å². The molecule has 0 saturated heterocycles. The van der Waals surface area contributed by atoms with Crippen LogP contribution in [-0.4, -0.2) is 35.4 Å². The lowest BCUT2D eigenvalue weighted by Crippen LogP contribution is -2.33. The van der Waals surface area contributed by atoms with Gasteiger partial charge >= 0.3 is 0 Å². The smallest absolute Gasteiger partial charge is 0.251 e. The Bertz CT molecular complexity index is 386. The highest BCUT2D eigenvalue weighted by Crippen LogP contribution is 2.16. The van der Waals surface area contributed by atoms with Gasteiger partial charge in [-0.1, -0.05) is 0 Å². The summed E-state index contributed by atoms with van der Waals surface area (Å²) in [5.41, 5.74) is 0.276. The van der Waals surface area contributed by atoms with Crippen LogP contribution >= 0.6 is 15.9 Å². The fourth-order valence-electron chi connectivity index (χ4n) is 1.01. The van der Waals surface area contributed by atoms with E-state index >= 15 is 0 Å². The Kier molecular flexibility index (Phi) is 4.85. The molecule has 1 atom stereocenters. The number of nitrogens with one attached hydrogen (secondary N) is 1. The Morgan fingerprint density at radius 1 is 1.56 bits per heavy atom. The minimum atomic E-state index is -0.993. The molecule has 0 aromatic heterocycles. The number of halogens is 2. The largest absolute Gasteiger partial charge is 0.394 e. The molecule has 16 heavy (non-hydrogen) atoms. The van der Waals surface area contributed by atoms with Crippen molar-refractivity contribution in [3.05, 3.63) is 34.1 Å². The minimum absolute atomic E-state index is 0.0513. The van der Waals surface area contributed by atoms with E-state index in [-0.39, 0.29) is 16.6 Å². The van der Waals surface area contributed by atoms with Crippen molar-refractivity contribution in [2.75, 3.05) is 13.2 Å². The predicted octanol–water partition coefficient (Wildman–Crippen LogP) is 0.671. The normalized spacial score (nSPS) is 12.2. The van der Waals surface area contributed by atoms with Gasteiger partial charge in [0.1, 0.15) is 5.82 Å². The van der Waals surface area contributed by atoms with Crippen molar-refractivity contribution in [2.24, 2.45) is 0 Å². The van der Waals surface area contributed by atoms with Gasteiger partial charge in [-0.05, 0) is 34.1 Å². The summed E-state index contributed by atoms with van der Waals surface area (Å²) in [6, 6.07) is 3.85. The second-order valence-corrected chi connectivity index (χ2v) is 4.03. The molecule has 1 unspecified atom stereocenters. The minimum Gasteiger partial charge on any atom is -0.394 e. The monoisotopic (exact) mass is 291 g/mol. The molecular formula is C10H11BrFNO3. The molecule has 3 N–H and O–H groups in total. The summed E-state index contributed by atoms with van der Waals surface area (Å²) < 4.78 is 13.1. The maximum absolute atomic E-state index is 12.9. The Balaban J connectivity index is 2.63. The maximum atomic E-state index is 12.9. The quantitative estimate of drug-likeness (QED) is 0.764. The number of carbonyl (C=O) groups is 1. The third-order valence-electron chi connectivity index (χ3n) is 1.89. The van der Waals surface area contributed by atoms with E-state index in [1.54, 1.807) is 0 Å². The molecule has 0 radical (unpaired) electrons. The van der Waals surface area contributed by atoms with Crippen LogP contribution in [0.25, 0.3) is 0 Å². The van der Waals surface area contributed by atoms with Crippen LogP contribution in [0.3, 0.4) is 0 Å². The first kappa shape index (κ1) is 13.1. The molecule has 88 valence electrons. The van der Waals surface area contributed by atoms with E-state index < -0.39 is 24.4 Å². The summed E-state index contributed by atoms with van der Waals surface area (Å²) in [5, 5.41) is 20.0. The van der Waals surface area contributed by atoms with Crippen molar-refractivity contribution in [3.8, 4) is 0 Å². The molecule has 1 rings (SSSR count). The van der Waals surface area contributed by atoms with Gasteiger partial charge in [-0.3, -0.25) is 4.79 Å². The molecule has 0 heterocycles. The van der Waals surface area contributed by atoms with Gasteiger partial charge in [0.05, 0.1) is 17.2 Å². The third kappa shape index (κ3) is 3.55. The number of hydrogen-bond acceptors (Lipinski definition) is 3. The Labute approximate surface area is 100 Å². The molecule has 4 nitrogen and oxygen atoms in total. The zero-order valence-electron chi connectivity index (χ0n) is 8.28. The van der Waals surface area contributed by atoms with E-state index in [1.165, 1.54) is 18.2 Å². The van der Waals surface area contributed by atoms with Gasteiger partial charge in [-0.15, -0.1) is 0 Å². The zero-order chi connectivity index (χ0) is 12.1. The average Bonchev–Trinajstić information content (AvgIpc) is 2.29. The number of carbonyl (C=O) groups excluding carboxylic acids is 1. The molecule has 6 heteroatoms. The summed E-state index contributed by atoms with van der Waals surface area (Å²) in [7, 11) is 0. The van der Waals surface area contributed by atoms with Crippen molar-refractivity contribution in [2.45, 2.75) is 6.10 Å². The summed E-state index contributed by atoms with van der Waals surface area (Å²) in [5.74, 6) is -0.889. The molecule has 0 aliphatic heterocycles. The average molecular weight is 292 g/mol. The van der Waals surface area contributed by atoms with Crippen LogP contribution in [0.1, 0.15) is 10.4 Å². The number of amides is 1. The van der Waals surface area contributed by atoms with Crippen LogP contribution < -0.4 is 5.32 Å². The van der Waals surface area contributed by atoms with E-state index in [2.05, 4.69) is 21.2 Å². The van der Waals surface area contributed by atoms with Crippen molar-refractivity contribution in [1.82, 2.24) is 5.32 Å². The van der Waals surface area contributed by atoms with Crippen molar-refractivity contribution < 1.29 is 19.4 Å². The van der Waals surface area contributed by atoms with Gasteiger partial charge in [-0.25, -0.2) is 4.39 Å². The van der Waals surface area contributed by atoms with Gasteiger partial charge in [0, 0.05) is 12.1 Å². The molecule has 1 amide bonds. The molecule has 0 bridgehead atoms. The lowest BCUT2D eigenvalue weighted by Gasteiger charge is -2.09. The third-order valence-corrected chi connectivity index (χ3v) is 2.50. The van der Waals surface area contributed by atoms with Crippen LogP contribution in [-0.2, 0) is 0 Å². The highest BCUT2D eigenvalue weighted by atomic mass is 79.9. The maximum Gasteiger partial charge on any atom is 0.251 e. The van der Waals surface area contributed by atoms with Crippen LogP contribution in [0.4, 0.5) is 4.39 Å². The van der Waals surface area contributed by atoms with Crippen molar-refractivity contribution in [3.63, 3.8) is 0 Å². The molecule has 0 aliphatic rings. The highest BCUT2D eigenvalue weighted by Gasteiger charge is 2.09. The zero-order valence-corrected chi connectivity index (χ0v) is 9.87. The highest BCUT2D eigenvalue weighted by molar-refractivity contribution is 9.10. The summed E-state index contributed by atoms with van der Waals surface area (Å²) in [6.07, 6.45) is -0.993. The van der Waals surface area contributed by atoms with E-state index in [0.717, 1.165) is 0 Å². The molecule has 1 aromatic rings. The molecule has 0 fully saturated rings. The van der Waals surface area contributed by atoms with E-state index in [0.29, 0.717) is 0 Å². The van der Waals surface area contributed by atoms with E-state index in [1.807, 2.05) is 0 Å². The molecule has 0 aliphatic carbocycles. The lowest BCUT2D eigenvalue weighted by molar-refractivity contribution is 0.0802.